The third-order valence-corrected chi connectivity index (χ3v) is 4.21. The first kappa shape index (κ1) is 17.2. The highest BCUT2D eigenvalue weighted by atomic mass is 19.2. The van der Waals surface area contributed by atoms with Gasteiger partial charge in [-0.05, 0) is 42.9 Å². The first-order chi connectivity index (χ1) is 11.8. The number of rotatable bonds is 2. The number of amides is 1. The molecule has 0 atom stereocenters. The molecule has 0 fully saturated rings. The maximum atomic E-state index is 14.1. The second-order valence-electron chi connectivity index (χ2n) is 5.66. The van der Waals surface area contributed by atoms with E-state index in [4.69, 9.17) is 0 Å². The van der Waals surface area contributed by atoms with Gasteiger partial charge >= 0.3 is 6.09 Å². The highest BCUT2D eigenvalue weighted by Crippen LogP contribution is 2.38. The van der Waals surface area contributed by atoms with E-state index in [0.29, 0.717) is 18.4 Å². The van der Waals surface area contributed by atoms with Crippen LogP contribution in [-0.2, 0) is 12.8 Å². The fourth-order valence-electron chi connectivity index (χ4n) is 3.08. The van der Waals surface area contributed by atoms with E-state index in [9.17, 15) is 31.9 Å². The number of aryl methyl sites for hydroxylation is 1. The Morgan fingerprint density at radius 3 is 2.04 bits per heavy atom. The van der Waals surface area contributed by atoms with Gasteiger partial charge in [0.2, 0.25) is 5.82 Å². The smallest absolute Gasteiger partial charge is 0.416 e. The molecule has 1 aliphatic carbocycles. The van der Waals surface area contributed by atoms with E-state index >= 15 is 0 Å². The van der Waals surface area contributed by atoms with Crippen LogP contribution in [0, 0.1) is 29.1 Å². The van der Waals surface area contributed by atoms with Crippen LogP contribution in [0.15, 0.2) is 18.2 Å². The normalized spacial score (nSPS) is 13.5. The average molecular weight is 357 g/mol. The number of anilines is 2. The van der Waals surface area contributed by atoms with E-state index in [1.165, 1.54) is 12.1 Å². The summed E-state index contributed by atoms with van der Waals surface area (Å²) < 4.78 is 68.5. The molecule has 2 aromatic carbocycles. The maximum Gasteiger partial charge on any atom is 0.416 e. The molecule has 132 valence electrons. The van der Waals surface area contributed by atoms with Gasteiger partial charge in [0.15, 0.2) is 23.3 Å². The Balaban J connectivity index is 2.29. The van der Waals surface area contributed by atoms with Crippen molar-refractivity contribution in [1.29, 1.82) is 0 Å². The first-order valence-corrected chi connectivity index (χ1v) is 7.49. The molecule has 0 spiro atoms. The summed E-state index contributed by atoms with van der Waals surface area (Å²) in [5, 5.41) is 9.44. The van der Waals surface area contributed by atoms with Gasteiger partial charge < -0.3 is 5.11 Å². The Labute approximate surface area is 139 Å². The van der Waals surface area contributed by atoms with Crippen LogP contribution in [-0.4, -0.2) is 11.2 Å². The van der Waals surface area contributed by atoms with E-state index < -0.39 is 40.9 Å². The standard InChI is InChI=1S/C17H12F5NO2/c18-11-12(19)14(21)16(15(22)13(11)20)23(17(24)25)10-7-3-5-8-4-1-2-6-9(8)10/h3,5,7H,1-2,4,6H2,(H,24,25). The van der Waals surface area contributed by atoms with E-state index in [-0.39, 0.29) is 10.6 Å². The molecule has 0 aromatic heterocycles. The minimum absolute atomic E-state index is 0.104. The van der Waals surface area contributed by atoms with Crippen molar-refractivity contribution in [2.24, 2.45) is 0 Å². The zero-order valence-electron chi connectivity index (χ0n) is 12.8. The van der Waals surface area contributed by atoms with Crippen LogP contribution in [0.1, 0.15) is 24.0 Å². The van der Waals surface area contributed by atoms with Gasteiger partial charge in [0.1, 0.15) is 5.69 Å². The number of benzene rings is 2. The zero-order valence-corrected chi connectivity index (χ0v) is 12.8. The van der Waals surface area contributed by atoms with Crippen molar-refractivity contribution in [3.05, 3.63) is 58.4 Å². The molecule has 8 heteroatoms. The molecule has 0 saturated heterocycles. The summed E-state index contributed by atoms with van der Waals surface area (Å²) in [6, 6.07) is 4.52. The molecule has 1 aliphatic rings. The van der Waals surface area contributed by atoms with E-state index in [1.54, 1.807) is 6.07 Å². The first-order valence-electron chi connectivity index (χ1n) is 7.49. The number of fused-ring (bicyclic) bond motifs is 1. The molecule has 1 amide bonds. The molecule has 0 saturated carbocycles. The Bertz CT molecular complexity index is 840. The second-order valence-corrected chi connectivity index (χ2v) is 5.66. The highest BCUT2D eigenvalue weighted by molar-refractivity contribution is 5.96. The zero-order chi connectivity index (χ0) is 18.3. The third kappa shape index (κ3) is 2.71. The van der Waals surface area contributed by atoms with Crippen molar-refractivity contribution < 1.29 is 31.9 Å². The van der Waals surface area contributed by atoms with Gasteiger partial charge in [-0.25, -0.2) is 31.6 Å². The van der Waals surface area contributed by atoms with Gasteiger partial charge in [0, 0.05) is 0 Å². The minimum Gasteiger partial charge on any atom is -0.464 e. The number of hydrogen-bond acceptors (Lipinski definition) is 1. The molecular formula is C17H12F5NO2. The van der Waals surface area contributed by atoms with Gasteiger partial charge in [-0.15, -0.1) is 0 Å². The lowest BCUT2D eigenvalue weighted by molar-refractivity contribution is 0.204. The number of nitrogens with zero attached hydrogens (tertiary/aromatic N) is 1. The van der Waals surface area contributed by atoms with Gasteiger partial charge in [-0.1, -0.05) is 12.1 Å². The largest absolute Gasteiger partial charge is 0.464 e. The molecule has 25 heavy (non-hydrogen) atoms. The van der Waals surface area contributed by atoms with Crippen molar-refractivity contribution in [1.82, 2.24) is 0 Å². The van der Waals surface area contributed by atoms with E-state index in [0.717, 1.165) is 18.4 Å². The second kappa shape index (κ2) is 6.34. The number of halogens is 5. The Kier molecular flexibility index (Phi) is 4.36. The van der Waals surface area contributed by atoms with Crippen LogP contribution >= 0.6 is 0 Å². The summed E-state index contributed by atoms with van der Waals surface area (Å²) in [5.74, 6) is -11.1. The van der Waals surface area contributed by atoms with Crippen molar-refractivity contribution in [2.45, 2.75) is 25.7 Å². The van der Waals surface area contributed by atoms with Crippen molar-refractivity contribution in [2.75, 3.05) is 4.90 Å². The fourth-order valence-corrected chi connectivity index (χ4v) is 3.08. The molecule has 0 radical (unpaired) electrons. The van der Waals surface area contributed by atoms with Crippen LogP contribution < -0.4 is 4.90 Å². The van der Waals surface area contributed by atoms with Crippen LogP contribution in [0.2, 0.25) is 0 Å². The SMILES string of the molecule is O=C(O)N(c1cccc2c1CCCC2)c1c(F)c(F)c(F)c(F)c1F. The summed E-state index contributed by atoms with van der Waals surface area (Å²) in [6.45, 7) is 0. The molecule has 3 nitrogen and oxygen atoms in total. The topological polar surface area (TPSA) is 40.5 Å². The van der Waals surface area contributed by atoms with Gasteiger partial charge in [0.05, 0.1) is 5.69 Å². The Hall–Kier alpha value is -2.64. The summed E-state index contributed by atoms with van der Waals surface area (Å²) in [4.78, 5) is 11.8. The lowest BCUT2D eigenvalue weighted by Gasteiger charge is -2.27. The fraction of sp³-hybridized carbons (Fsp3) is 0.235. The molecule has 0 bridgehead atoms. The molecule has 0 heterocycles. The van der Waals surface area contributed by atoms with Crippen LogP contribution in [0.4, 0.5) is 38.1 Å². The summed E-state index contributed by atoms with van der Waals surface area (Å²) in [7, 11) is 0. The molecular weight excluding hydrogens is 345 g/mol. The van der Waals surface area contributed by atoms with Crippen molar-refractivity contribution in [3.8, 4) is 0 Å². The quantitative estimate of drug-likeness (QED) is 0.463. The number of hydrogen-bond donors (Lipinski definition) is 1. The maximum absolute atomic E-state index is 14.1. The third-order valence-electron chi connectivity index (χ3n) is 4.21. The van der Waals surface area contributed by atoms with Crippen LogP contribution in [0.3, 0.4) is 0 Å². The van der Waals surface area contributed by atoms with E-state index in [2.05, 4.69) is 0 Å². The predicted molar refractivity (Wildman–Crippen MR) is 79.5 cm³/mol. The Morgan fingerprint density at radius 1 is 0.880 bits per heavy atom. The number of carbonyl (C=O) groups is 1. The Morgan fingerprint density at radius 2 is 1.44 bits per heavy atom. The lowest BCUT2D eigenvalue weighted by Crippen LogP contribution is -2.29. The average Bonchev–Trinajstić information content (AvgIpc) is 2.61. The van der Waals surface area contributed by atoms with Crippen molar-refractivity contribution in [3.63, 3.8) is 0 Å². The van der Waals surface area contributed by atoms with Gasteiger partial charge in [-0.2, -0.15) is 0 Å². The van der Waals surface area contributed by atoms with Gasteiger partial charge in [0.25, 0.3) is 0 Å². The van der Waals surface area contributed by atoms with Crippen molar-refractivity contribution >= 4 is 17.5 Å². The van der Waals surface area contributed by atoms with E-state index in [1.807, 2.05) is 0 Å². The van der Waals surface area contributed by atoms with Crippen LogP contribution in [0.25, 0.3) is 0 Å². The summed E-state index contributed by atoms with van der Waals surface area (Å²) >= 11 is 0. The molecule has 1 N–H and O–H groups in total. The molecule has 2 aromatic rings. The van der Waals surface area contributed by atoms with Crippen LogP contribution in [0.5, 0.6) is 0 Å². The molecule has 3 rings (SSSR count). The molecule has 0 unspecified atom stereocenters. The summed E-state index contributed by atoms with van der Waals surface area (Å²) in [6.07, 6.45) is 0.848. The van der Waals surface area contributed by atoms with Gasteiger partial charge in [-0.3, -0.25) is 0 Å². The monoisotopic (exact) mass is 357 g/mol. The summed E-state index contributed by atoms with van der Waals surface area (Å²) in [5.41, 5.74) is -0.283. The number of carboxylic acid groups (broad SMARTS) is 1. The highest BCUT2D eigenvalue weighted by Gasteiger charge is 2.34. The predicted octanol–water partition coefficient (Wildman–Crippen LogP) is 5.08. The molecule has 0 aliphatic heterocycles. The lowest BCUT2D eigenvalue weighted by atomic mass is 9.90. The minimum atomic E-state index is -2.33.